The number of amides is 1. The molecule has 1 aliphatic rings. The zero-order valence-corrected chi connectivity index (χ0v) is 15.0. The van der Waals surface area contributed by atoms with Crippen LogP contribution in [0.4, 0.5) is 5.69 Å². The van der Waals surface area contributed by atoms with E-state index in [1.165, 1.54) is 6.26 Å². The maximum Gasteiger partial charge on any atom is 0.289 e. The van der Waals surface area contributed by atoms with Crippen LogP contribution in [0.15, 0.2) is 35.2 Å². The summed E-state index contributed by atoms with van der Waals surface area (Å²) < 4.78 is 6.99. The molecule has 0 radical (unpaired) electrons. The predicted octanol–water partition coefficient (Wildman–Crippen LogP) is 2.19. The van der Waals surface area contributed by atoms with Crippen LogP contribution in [0.25, 0.3) is 5.65 Å². The van der Waals surface area contributed by atoms with E-state index in [9.17, 15) is 4.79 Å². The van der Waals surface area contributed by atoms with E-state index in [0.717, 1.165) is 36.5 Å². The highest BCUT2D eigenvalue weighted by Crippen LogP contribution is 2.25. The number of aromatic nitrogens is 4. The number of hydrogen-bond acceptors (Lipinski definition) is 6. The average Bonchev–Trinajstić information content (AvgIpc) is 3.27. The van der Waals surface area contributed by atoms with Crippen LogP contribution in [-0.2, 0) is 0 Å². The van der Waals surface area contributed by atoms with Crippen LogP contribution < -0.4 is 4.90 Å². The number of anilines is 1. The Bertz CT molecular complexity index is 902. The van der Waals surface area contributed by atoms with E-state index in [1.807, 2.05) is 4.90 Å². The molecule has 1 fully saturated rings. The molecular weight excluding hydrogens is 332 g/mol. The first-order valence-corrected chi connectivity index (χ1v) is 8.92. The van der Waals surface area contributed by atoms with Gasteiger partial charge in [-0.3, -0.25) is 4.79 Å². The molecule has 26 heavy (non-hydrogen) atoms. The number of fused-ring (bicyclic) bond motifs is 1. The third-order valence-corrected chi connectivity index (χ3v) is 4.71. The molecule has 0 spiro atoms. The van der Waals surface area contributed by atoms with Crippen molar-refractivity contribution < 1.29 is 9.21 Å². The normalized spacial score (nSPS) is 15.7. The van der Waals surface area contributed by atoms with Crippen LogP contribution in [0.5, 0.6) is 0 Å². The molecule has 3 aromatic heterocycles. The van der Waals surface area contributed by atoms with Gasteiger partial charge in [0.25, 0.3) is 5.91 Å². The Morgan fingerprint density at radius 3 is 2.88 bits per heavy atom. The van der Waals surface area contributed by atoms with E-state index < -0.39 is 0 Å². The number of hydrogen-bond donors (Lipinski definition) is 0. The van der Waals surface area contributed by atoms with Crippen LogP contribution >= 0.6 is 0 Å². The van der Waals surface area contributed by atoms with Crippen LogP contribution in [-0.4, -0.2) is 56.8 Å². The lowest BCUT2D eigenvalue weighted by Crippen LogP contribution is -2.35. The molecule has 0 bridgehead atoms. The molecule has 136 valence electrons. The quantitative estimate of drug-likeness (QED) is 0.717. The van der Waals surface area contributed by atoms with Gasteiger partial charge in [-0.1, -0.05) is 13.8 Å². The van der Waals surface area contributed by atoms with E-state index in [-0.39, 0.29) is 5.91 Å². The van der Waals surface area contributed by atoms with Gasteiger partial charge in [-0.2, -0.15) is 9.61 Å². The summed E-state index contributed by atoms with van der Waals surface area (Å²) in [5.74, 6) is 0.649. The van der Waals surface area contributed by atoms with Crippen LogP contribution in [0.2, 0.25) is 0 Å². The number of furan rings is 1. The van der Waals surface area contributed by atoms with Gasteiger partial charge in [0.15, 0.2) is 5.76 Å². The van der Waals surface area contributed by atoms with Crippen molar-refractivity contribution in [2.24, 2.45) is 0 Å². The monoisotopic (exact) mass is 354 g/mol. The summed E-state index contributed by atoms with van der Waals surface area (Å²) in [6.07, 6.45) is 4.05. The predicted molar refractivity (Wildman–Crippen MR) is 96.3 cm³/mol. The second-order valence-electron chi connectivity index (χ2n) is 6.82. The molecule has 4 heterocycles. The van der Waals surface area contributed by atoms with Gasteiger partial charge in [-0.05, 0) is 30.5 Å². The third kappa shape index (κ3) is 3.02. The second kappa shape index (κ2) is 6.78. The molecule has 0 N–H and O–H groups in total. The zero-order valence-electron chi connectivity index (χ0n) is 15.0. The second-order valence-corrected chi connectivity index (χ2v) is 6.82. The molecule has 8 nitrogen and oxygen atoms in total. The van der Waals surface area contributed by atoms with E-state index in [1.54, 1.807) is 23.0 Å². The Morgan fingerprint density at radius 1 is 1.23 bits per heavy atom. The van der Waals surface area contributed by atoms with Gasteiger partial charge < -0.3 is 14.2 Å². The lowest BCUT2D eigenvalue weighted by molar-refractivity contribution is 0.0735. The summed E-state index contributed by atoms with van der Waals surface area (Å²) in [7, 11) is 0. The zero-order chi connectivity index (χ0) is 18.1. The van der Waals surface area contributed by atoms with Crippen molar-refractivity contribution in [3.63, 3.8) is 0 Å². The molecule has 1 amide bonds. The summed E-state index contributed by atoms with van der Waals surface area (Å²) in [6, 6.07) is 5.55. The molecule has 0 aliphatic carbocycles. The Kier molecular flexibility index (Phi) is 4.32. The van der Waals surface area contributed by atoms with Crippen LogP contribution in [0.1, 0.15) is 42.4 Å². The number of carbonyl (C=O) groups is 1. The lowest BCUT2D eigenvalue weighted by atomic mass is 10.1. The SMILES string of the molecule is CC(C)c1cc(N2CCCN(C(=O)c3ccco3)CC2)c2nncn2n1. The van der Waals surface area contributed by atoms with Crippen LogP contribution in [0.3, 0.4) is 0 Å². The number of carbonyl (C=O) groups excluding carboxylic acids is 1. The number of nitrogens with zero attached hydrogens (tertiary/aromatic N) is 6. The molecule has 0 saturated carbocycles. The van der Waals surface area contributed by atoms with Crippen LogP contribution in [0, 0.1) is 0 Å². The summed E-state index contributed by atoms with van der Waals surface area (Å²) >= 11 is 0. The minimum absolute atomic E-state index is 0.0536. The maximum absolute atomic E-state index is 12.5. The molecule has 8 heteroatoms. The molecule has 0 atom stereocenters. The van der Waals surface area contributed by atoms with Gasteiger partial charge in [-0.15, -0.1) is 10.2 Å². The fourth-order valence-electron chi connectivity index (χ4n) is 3.26. The van der Waals surface area contributed by atoms with Gasteiger partial charge in [-0.25, -0.2) is 0 Å². The van der Waals surface area contributed by atoms with Crippen molar-refractivity contribution in [3.05, 3.63) is 42.2 Å². The highest BCUT2D eigenvalue weighted by molar-refractivity contribution is 5.91. The molecule has 3 aromatic rings. The summed E-state index contributed by atoms with van der Waals surface area (Å²) in [4.78, 5) is 16.7. The van der Waals surface area contributed by atoms with Crippen molar-refractivity contribution in [1.29, 1.82) is 0 Å². The first kappa shape index (κ1) is 16.6. The molecule has 0 unspecified atom stereocenters. The topological polar surface area (TPSA) is 79.8 Å². The molecule has 4 rings (SSSR count). The Labute approximate surface area is 151 Å². The number of rotatable bonds is 3. The Balaban J connectivity index is 1.59. The Morgan fingerprint density at radius 2 is 2.12 bits per heavy atom. The van der Waals surface area contributed by atoms with Gasteiger partial charge in [0.05, 0.1) is 17.6 Å². The standard InChI is InChI=1S/C18H22N6O2/c1-13(2)14-11-15(17-20-19-12-24(17)21-14)22-6-4-7-23(9-8-22)18(25)16-5-3-10-26-16/h3,5,10-13H,4,6-9H2,1-2H3. The third-order valence-electron chi connectivity index (χ3n) is 4.71. The minimum atomic E-state index is -0.0536. The van der Waals surface area contributed by atoms with E-state index in [4.69, 9.17) is 4.42 Å². The molecular formula is C18H22N6O2. The van der Waals surface area contributed by atoms with Crippen molar-refractivity contribution in [1.82, 2.24) is 24.7 Å². The van der Waals surface area contributed by atoms with Crippen molar-refractivity contribution in [3.8, 4) is 0 Å². The van der Waals surface area contributed by atoms with E-state index in [0.29, 0.717) is 24.8 Å². The fourth-order valence-corrected chi connectivity index (χ4v) is 3.26. The van der Waals surface area contributed by atoms with E-state index in [2.05, 4.69) is 40.1 Å². The maximum atomic E-state index is 12.5. The average molecular weight is 354 g/mol. The minimum Gasteiger partial charge on any atom is -0.459 e. The van der Waals surface area contributed by atoms with Gasteiger partial charge in [0.1, 0.15) is 6.33 Å². The lowest BCUT2D eigenvalue weighted by Gasteiger charge is -2.24. The smallest absolute Gasteiger partial charge is 0.289 e. The molecule has 1 aliphatic heterocycles. The highest BCUT2D eigenvalue weighted by Gasteiger charge is 2.24. The summed E-state index contributed by atoms with van der Waals surface area (Å²) in [5.41, 5.74) is 2.77. The van der Waals surface area contributed by atoms with Crippen molar-refractivity contribution in [2.75, 3.05) is 31.1 Å². The highest BCUT2D eigenvalue weighted by atomic mass is 16.3. The largest absolute Gasteiger partial charge is 0.459 e. The summed E-state index contributed by atoms with van der Waals surface area (Å²) in [5, 5.41) is 12.8. The molecule has 0 aromatic carbocycles. The first-order chi connectivity index (χ1) is 12.6. The van der Waals surface area contributed by atoms with Crippen molar-refractivity contribution in [2.45, 2.75) is 26.2 Å². The summed E-state index contributed by atoms with van der Waals surface area (Å²) in [6.45, 7) is 7.17. The van der Waals surface area contributed by atoms with Crippen molar-refractivity contribution >= 4 is 17.2 Å². The van der Waals surface area contributed by atoms with E-state index >= 15 is 0 Å². The van der Waals surface area contributed by atoms with Gasteiger partial charge in [0.2, 0.25) is 5.65 Å². The fraction of sp³-hybridized carbons (Fsp3) is 0.444. The molecule has 1 saturated heterocycles. The van der Waals surface area contributed by atoms with Gasteiger partial charge >= 0.3 is 0 Å². The first-order valence-electron chi connectivity index (χ1n) is 8.92. The van der Waals surface area contributed by atoms with Gasteiger partial charge in [0, 0.05) is 26.2 Å². The Hall–Kier alpha value is -2.90.